The Morgan fingerprint density at radius 2 is 2.17 bits per heavy atom. The topological polar surface area (TPSA) is 95.7 Å². The Balaban J connectivity index is 2.19. The van der Waals surface area contributed by atoms with Crippen LogP contribution >= 0.6 is 0 Å². The molecule has 1 aliphatic rings. The Morgan fingerprint density at radius 1 is 1.39 bits per heavy atom. The van der Waals surface area contributed by atoms with E-state index in [9.17, 15) is 14.7 Å². The van der Waals surface area contributed by atoms with Gasteiger partial charge in [0.05, 0.1) is 0 Å². The number of fused-ring (bicyclic) bond motifs is 1. The number of anilines is 1. The fraction of sp³-hybridized carbons (Fsp3) is 0.529. The van der Waals surface area contributed by atoms with Crippen molar-refractivity contribution in [2.75, 3.05) is 18.0 Å². The second-order valence-electron chi connectivity index (χ2n) is 5.83. The highest BCUT2D eigenvalue weighted by Gasteiger charge is 2.37. The zero-order valence-corrected chi connectivity index (χ0v) is 13.5. The molecular weight excluding hydrogens is 294 g/mol. The van der Waals surface area contributed by atoms with Gasteiger partial charge in [0.15, 0.2) is 0 Å². The summed E-state index contributed by atoms with van der Waals surface area (Å²) in [7, 11) is 0. The molecule has 1 aromatic carbocycles. The monoisotopic (exact) mass is 319 g/mol. The molecule has 6 nitrogen and oxygen atoms in total. The van der Waals surface area contributed by atoms with E-state index in [1.54, 1.807) is 23.1 Å². The largest absolute Gasteiger partial charge is 0.508 e. The van der Waals surface area contributed by atoms with Gasteiger partial charge in [-0.2, -0.15) is 0 Å². The number of nitrogens with zero attached hydrogens (tertiary/aromatic N) is 1. The molecular formula is C17H25N3O3. The van der Waals surface area contributed by atoms with Crippen LogP contribution < -0.4 is 16.0 Å². The average molecular weight is 319 g/mol. The van der Waals surface area contributed by atoms with E-state index in [-0.39, 0.29) is 17.6 Å². The summed E-state index contributed by atoms with van der Waals surface area (Å²) in [4.78, 5) is 26.6. The number of phenols is 1. The molecule has 1 atom stereocenters. The quantitative estimate of drug-likeness (QED) is 0.660. The zero-order valence-electron chi connectivity index (χ0n) is 13.5. The third-order valence-electron chi connectivity index (χ3n) is 4.04. The maximum absolute atomic E-state index is 12.5. The standard InChI is InChI=1S/C17H25N3O3/c1-2-3-9-19-17(23)15-11-12-10-13(21)6-7-14(12)20(15)16(22)5-4-8-18/h6-7,10,15,21H,2-5,8-9,11,18H2,1H3,(H,19,23)/t15-/m0/s1. The molecule has 2 amide bonds. The highest BCUT2D eigenvalue weighted by atomic mass is 16.3. The number of benzene rings is 1. The Bertz CT molecular complexity index is 574. The van der Waals surface area contributed by atoms with Crippen LogP contribution in [0.2, 0.25) is 0 Å². The Morgan fingerprint density at radius 3 is 2.87 bits per heavy atom. The molecule has 23 heavy (non-hydrogen) atoms. The molecule has 0 aliphatic carbocycles. The van der Waals surface area contributed by atoms with E-state index < -0.39 is 6.04 Å². The van der Waals surface area contributed by atoms with Gasteiger partial charge in [0.2, 0.25) is 11.8 Å². The van der Waals surface area contributed by atoms with Crippen molar-refractivity contribution >= 4 is 17.5 Å². The van der Waals surface area contributed by atoms with Crippen molar-refractivity contribution in [1.82, 2.24) is 5.32 Å². The number of carbonyl (C=O) groups excluding carboxylic acids is 2. The van der Waals surface area contributed by atoms with Gasteiger partial charge in [0, 0.05) is 25.1 Å². The zero-order chi connectivity index (χ0) is 16.8. The summed E-state index contributed by atoms with van der Waals surface area (Å²) in [6.07, 6.45) is 3.24. The smallest absolute Gasteiger partial charge is 0.243 e. The van der Waals surface area contributed by atoms with Crippen molar-refractivity contribution in [3.05, 3.63) is 23.8 Å². The van der Waals surface area contributed by atoms with Crippen LogP contribution in [0.1, 0.15) is 38.2 Å². The lowest BCUT2D eigenvalue weighted by Gasteiger charge is -2.25. The van der Waals surface area contributed by atoms with Crippen molar-refractivity contribution < 1.29 is 14.7 Å². The van der Waals surface area contributed by atoms with E-state index >= 15 is 0 Å². The predicted molar refractivity (Wildman–Crippen MR) is 89.3 cm³/mol. The minimum Gasteiger partial charge on any atom is -0.508 e. The summed E-state index contributed by atoms with van der Waals surface area (Å²) in [5, 5.41) is 12.5. The number of nitrogens with one attached hydrogen (secondary N) is 1. The second-order valence-corrected chi connectivity index (χ2v) is 5.83. The number of amides is 2. The van der Waals surface area contributed by atoms with Crippen LogP contribution in [0.3, 0.4) is 0 Å². The number of hydrogen-bond acceptors (Lipinski definition) is 4. The molecule has 0 fully saturated rings. The second kappa shape index (κ2) is 7.97. The lowest BCUT2D eigenvalue weighted by Crippen LogP contribution is -2.48. The third-order valence-corrected chi connectivity index (χ3v) is 4.04. The fourth-order valence-electron chi connectivity index (χ4n) is 2.84. The van der Waals surface area contributed by atoms with Crippen LogP contribution in [0.25, 0.3) is 0 Å². The molecule has 0 aromatic heterocycles. The lowest BCUT2D eigenvalue weighted by atomic mass is 10.1. The predicted octanol–water partition coefficient (Wildman–Crippen LogP) is 1.31. The van der Waals surface area contributed by atoms with E-state index in [2.05, 4.69) is 12.2 Å². The van der Waals surface area contributed by atoms with Crippen LogP contribution in [0.5, 0.6) is 5.75 Å². The molecule has 1 heterocycles. The summed E-state index contributed by atoms with van der Waals surface area (Å²) in [6.45, 7) is 3.11. The number of phenolic OH excluding ortho intramolecular Hbond substituents is 1. The number of rotatable bonds is 7. The molecule has 0 radical (unpaired) electrons. The summed E-state index contributed by atoms with van der Waals surface area (Å²) < 4.78 is 0. The van der Waals surface area contributed by atoms with E-state index in [1.807, 2.05) is 0 Å². The first kappa shape index (κ1) is 17.3. The molecule has 0 saturated carbocycles. The van der Waals surface area contributed by atoms with Crippen LogP contribution in [0.15, 0.2) is 18.2 Å². The molecule has 0 bridgehead atoms. The average Bonchev–Trinajstić information content (AvgIpc) is 2.91. The molecule has 0 unspecified atom stereocenters. The number of nitrogens with two attached hydrogens (primary N) is 1. The van der Waals surface area contributed by atoms with Gasteiger partial charge in [-0.25, -0.2) is 0 Å². The fourth-order valence-corrected chi connectivity index (χ4v) is 2.84. The van der Waals surface area contributed by atoms with Crippen LogP contribution in [0, 0.1) is 0 Å². The lowest BCUT2D eigenvalue weighted by molar-refractivity contribution is -0.126. The maximum atomic E-state index is 12.5. The molecule has 0 saturated heterocycles. The van der Waals surface area contributed by atoms with E-state index in [1.165, 1.54) is 0 Å². The summed E-state index contributed by atoms with van der Waals surface area (Å²) in [6, 6.07) is 4.32. The van der Waals surface area contributed by atoms with E-state index in [0.717, 1.165) is 18.4 Å². The SMILES string of the molecule is CCCCNC(=O)[C@@H]1Cc2cc(O)ccc2N1C(=O)CCCN. The molecule has 1 aromatic rings. The van der Waals surface area contributed by atoms with Crippen LogP contribution in [-0.4, -0.2) is 36.1 Å². The maximum Gasteiger partial charge on any atom is 0.243 e. The first-order valence-corrected chi connectivity index (χ1v) is 8.20. The molecule has 2 rings (SSSR count). The minimum absolute atomic E-state index is 0.101. The normalized spacial score (nSPS) is 16.3. The van der Waals surface area contributed by atoms with E-state index in [0.29, 0.717) is 38.0 Å². The summed E-state index contributed by atoms with van der Waals surface area (Å²) in [5.74, 6) is -0.101. The minimum atomic E-state index is -0.547. The van der Waals surface area contributed by atoms with Gasteiger partial charge in [0.1, 0.15) is 11.8 Å². The summed E-state index contributed by atoms with van der Waals surface area (Å²) in [5.41, 5.74) is 7.01. The van der Waals surface area contributed by atoms with Crippen molar-refractivity contribution in [2.45, 2.75) is 45.1 Å². The molecule has 4 N–H and O–H groups in total. The number of aromatic hydroxyl groups is 1. The molecule has 6 heteroatoms. The van der Waals surface area contributed by atoms with Crippen LogP contribution in [-0.2, 0) is 16.0 Å². The van der Waals surface area contributed by atoms with Crippen LogP contribution in [0.4, 0.5) is 5.69 Å². The van der Waals surface area contributed by atoms with Crippen molar-refractivity contribution in [3.63, 3.8) is 0 Å². The first-order valence-electron chi connectivity index (χ1n) is 8.20. The van der Waals surface area contributed by atoms with Gasteiger partial charge in [-0.3, -0.25) is 14.5 Å². The molecule has 1 aliphatic heterocycles. The van der Waals surface area contributed by atoms with Gasteiger partial charge < -0.3 is 16.2 Å². The highest BCUT2D eigenvalue weighted by molar-refractivity contribution is 6.03. The van der Waals surface area contributed by atoms with Crippen molar-refractivity contribution in [1.29, 1.82) is 0 Å². The van der Waals surface area contributed by atoms with Gasteiger partial charge in [0.25, 0.3) is 0 Å². The summed E-state index contributed by atoms with van der Waals surface area (Å²) >= 11 is 0. The number of unbranched alkanes of at least 4 members (excludes halogenated alkanes) is 1. The Kier molecular flexibility index (Phi) is 5.98. The van der Waals surface area contributed by atoms with Crippen molar-refractivity contribution in [2.24, 2.45) is 5.73 Å². The van der Waals surface area contributed by atoms with Gasteiger partial charge in [-0.15, -0.1) is 0 Å². The van der Waals surface area contributed by atoms with Gasteiger partial charge >= 0.3 is 0 Å². The Labute approximate surface area is 136 Å². The van der Waals surface area contributed by atoms with E-state index in [4.69, 9.17) is 5.73 Å². The van der Waals surface area contributed by atoms with Crippen molar-refractivity contribution in [3.8, 4) is 5.75 Å². The third kappa shape index (κ3) is 4.01. The number of hydrogen-bond donors (Lipinski definition) is 3. The van der Waals surface area contributed by atoms with Gasteiger partial charge in [-0.05, 0) is 43.1 Å². The molecule has 0 spiro atoms. The first-order chi connectivity index (χ1) is 11.1. The Hall–Kier alpha value is -2.08. The molecule has 126 valence electrons. The number of carbonyl (C=O) groups is 2. The highest BCUT2D eigenvalue weighted by Crippen LogP contribution is 2.35. The van der Waals surface area contributed by atoms with Gasteiger partial charge in [-0.1, -0.05) is 13.3 Å².